The average Bonchev–Trinajstić information content (AvgIpc) is 3.23. The zero-order chi connectivity index (χ0) is 23.1. The van der Waals surface area contributed by atoms with Crippen molar-refractivity contribution in [1.29, 1.82) is 0 Å². The van der Waals surface area contributed by atoms with Gasteiger partial charge in [0, 0.05) is 5.38 Å². The van der Waals surface area contributed by atoms with E-state index in [2.05, 4.69) is 26.1 Å². The molecule has 2 atom stereocenters. The van der Waals surface area contributed by atoms with Crippen molar-refractivity contribution in [2.45, 2.75) is 18.7 Å². The molecule has 1 aromatic carbocycles. The zero-order valence-corrected chi connectivity index (χ0v) is 18.2. The van der Waals surface area contributed by atoms with E-state index in [4.69, 9.17) is 21.2 Å². The summed E-state index contributed by atoms with van der Waals surface area (Å²) < 4.78 is 5.25. The van der Waals surface area contributed by atoms with Crippen molar-refractivity contribution < 1.29 is 28.8 Å². The molecule has 1 aromatic heterocycles. The highest BCUT2D eigenvalue weighted by atomic mass is 35.5. The Morgan fingerprint density at radius 2 is 2.03 bits per heavy atom. The summed E-state index contributed by atoms with van der Waals surface area (Å²) in [4.78, 5) is 57.0. The fourth-order valence-corrected chi connectivity index (χ4v) is 3.42. The molecule has 32 heavy (non-hydrogen) atoms. The number of benzene rings is 1. The number of ether oxygens (including phenoxy) is 1. The van der Waals surface area contributed by atoms with Crippen LogP contribution >= 0.6 is 22.9 Å². The summed E-state index contributed by atoms with van der Waals surface area (Å²) >= 11 is 6.49. The van der Waals surface area contributed by atoms with Gasteiger partial charge in [0.15, 0.2) is 16.9 Å². The van der Waals surface area contributed by atoms with E-state index in [0.29, 0.717) is 0 Å². The number of oxime groups is 1. The molecule has 1 saturated heterocycles. The van der Waals surface area contributed by atoms with Gasteiger partial charge in [-0.2, -0.15) is 0 Å². The molecule has 1 unspecified atom stereocenters. The highest BCUT2D eigenvalue weighted by molar-refractivity contribution is 7.14. The third-order valence-electron chi connectivity index (χ3n) is 4.12. The number of alkyl halides is 1. The van der Waals surface area contributed by atoms with Gasteiger partial charge in [0.05, 0.1) is 6.42 Å². The second kappa shape index (κ2) is 10.7. The summed E-state index contributed by atoms with van der Waals surface area (Å²) in [6.07, 6.45) is -1.01. The topological polar surface area (TPSA) is 148 Å². The van der Waals surface area contributed by atoms with E-state index in [-0.39, 0.29) is 28.8 Å². The molecule has 2 heterocycles. The number of β-lactam (4-membered cyclic amide) rings is 1. The standard InChI is InChI=1S/C19H18ClN5O6S/c1-30-25-14(11-9-32-19(21-11)22-12(26)8-20)16(28)23-15-17(29)24-18(15)31-13(27)7-10-5-3-2-4-6-10/h2-6,9,15,18H,7-8H2,1H3,(H,23,28)(H,24,29)(H,21,22,26)/t15?,18-/m1/s1. The summed E-state index contributed by atoms with van der Waals surface area (Å²) in [5.41, 5.74) is 0.625. The first kappa shape index (κ1) is 23.2. The zero-order valence-electron chi connectivity index (χ0n) is 16.7. The Hall–Kier alpha value is -3.51. The van der Waals surface area contributed by atoms with E-state index in [1.807, 2.05) is 6.07 Å². The number of esters is 1. The third-order valence-corrected chi connectivity index (χ3v) is 5.12. The van der Waals surface area contributed by atoms with Crippen molar-refractivity contribution in [2.24, 2.45) is 5.16 Å². The molecule has 0 spiro atoms. The maximum atomic E-state index is 12.7. The molecular weight excluding hydrogens is 462 g/mol. The van der Waals surface area contributed by atoms with Gasteiger partial charge >= 0.3 is 5.97 Å². The number of carbonyl (C=O) groups excluding carboxylic acids is 4. The lowest BCUT2D eigenvalue weighted by Crippen LogP contribution is -2.71. The van der Waals surface area contributed by atoms with Gasteiger partial charge in [0.2, 0.25) is 12.1 Å². The molecule has 13 heteroatoms. The van der Waals surface area contributed by atoms with E-state index >= 15 is 0 Å². The van der Waals surface area contributed by atoms with Gasteiger partial charge in [-0.05, 0) is 5.56 Å². The second-order valence-electron chi connectivity index (χ2n) is 6.37. The van der Waals surface area contributed by atoms with Crippen LogP contribution in [0.1, 0.15) is 11.3 Å². The Morgan fingerprint density at radius 1 is 1.28 bits per heavy atom. The van der Waals surface area contributed by atoms with Crippen LogP contribution < -0.4 is 16.0 Å². The van der Waals surface area contributed by atoms with Crippen LogP contribution in [0.25, 0.3) is 0 Å². The number of nitrogens with zero attached hydrogens (tertiary/aromatic N) is 2. The fraction of sp³-hybridized carbons (Fsp3) is 0.263. The molecule has 3 N–H and O–H groups in total. The highest BCUT2D eigenvalue weighted by Crippen LogP contribution is 2.17. The maximum Gasteiger partial charge on any atom is 0.312 e. The number of nitrogens with one attached hydrogen (secondary N) is 3. The summed E-state index contributed by atoms with van der Waals surface area (Å²) in [5, 5.41) is 12.7. The first-order valence-electron chi connectivity index (χ1n) is 9.18. The van der Waals surface area contributed by atoms with Crippen LogP contribution in [0.15, 0.2) is 40.9 Å². The van der Waals surface area contributed by atoms with Gasteiger partial charge in [0.1, 0.15) is 18.7 Å². The van der Waals surface area contributed by atoms with E-state index in [9.17, 15) is 19.2 Å². The van der Waals surface area contributed by atoms with Crippen LogP contribution in [0.4, 0.5) is 5.13 Å². The van der Waals surface area contributed by atoms with Crippen LogP contribution in [0, 0.1) is 0 Å². The molecule has 0 bridgehead atoms. The maximum absolute atomic E-state index is 12.7. The van der Waals surface area contributed by atoms with E-state index < -0.39 is 36.0 Å². The smallest absolute Gasteiger partial charge is 0.312 e. The molecule has 1 aliphatic heterocycles. The number of rotatable bonds is 9. The van der Waals surface area contributed by atoms with Crippen molar-refractivity contribution in [3.63, 3.8) is 0 Å². The molecule has 0 saturated carbocycles. The Bertz CT molecular complexity index is 1040. The quantitative estimate of drug-likeness (QED) is 0.155. The number of hydrogen-bond donors (Lipinski definition) is 3. The number of amides is 3. The van der Waals surface area contributed by atoms with Gasteiger partial charge < -0.3 is 25.5 Å². The predicted octanol–water partition coefficient (Wildman–Crippen LogP) is 0.398. The lowest BCUT2D eigenvalue weighted by molar-refractivity contribution is -0.165. The normalized spacial score (nSPS) is 17.6. The van der Waals surface area contributed by atoms with Crippen molar-refractivity contribution >= 4 is 57.5 Å². The SMILES string of the molecule is CON=C(C(=O)NC1C(=O)N[C@@H]1OC(=O)Cc1ccccc1)c1csc(NC(=O)CCl)n1. The summed E-state index contributed by atoms with van der Waals surface area (Å²) in [6.45, 7) is 0. The Balaban J connectivity index is 1.62. The van der Waals surface area contributed by atoms with Gasteiger partial charge in [0.25, 0.3) is 11.8 Å². The average molecular weight is 480 g/mol. The van der Waals surface area contributed by atoms with Crippen molar-refractivity contribution in [3.05, 3.63) is 47.0 Å². The lowest BCUT2D eigenvalue weighted by atomic mass is 10.1. The van der Waals surface area contributed by atoms with Crippen molar-refractivity contribution in [2.75, 3.05) is 18.3 Å². The Labute approximate surface area is 191 Å². The van der Waals surface area contributed by atoms with E-state index in [1.54, 1.807) is 24.3 Å². The molecule has 3 rings (SSSR count). The minimum atomic E-state index is -1.11. The largest absolute Gasteiger partial charge is 0.439 e. The fourth-order valence-electron chi connectivity index (χ4n) is 2.64. The number of hydrogen-bond acceptors (Lipinski definition) is 9. The molecule has 0 radical (unpaired) electrons. The van der Waals surface area contributed by atoms with Crippen molar-refractivity contribution in [3.8, 4) is 0 Å². The van der Waals surface area contributed by atoms with Gasteiger partial charge in [-0.3, -0.25) is 19.2 Å². The minimum absolute atomic E-state index is 0.0138. The van der Waals surface area contributed by atoms with E-state index in [1.165, 1.54) is 12.5 Å². The Kier molecular flexibility index (Phi) is 7.73. The number of anilines is 1. The summed E-state index contributed by atoms with van der Waals surface area (Å²) in [5.74, 6) is -2.59. The first-order chi connectivity index (χ1) is 15.4. The van der Waals surface area contributed by atoms with Crippen LogP contribution in [-0.2, 0) is 35.2 Å². The number of aromatic nitrogens is 1. The van der Waals surface area contributed by atoms with Crippen LogP contribution in [0.5, 0.6) is 0 Å². The molecule has 1 aliphatic rings. The second-order valence-corrected chi connectivity index (χ2v) is 7.50. The monoisotopic (exact) mass is 479 g/mol. The van der Waals surface area contributed by atoms with E-state index in [0.717, 1.165) is 16.9 Å². The number of thiazole rings is 1. The molecular formula is C19H18ClN5O6S. The van der Waals surface area contributed by atoms with Gasteiger partial charge in [-0.25, -0.2) is 4.98 Å². The number of carbonyl (C=O) groups is 4. The van der Waals surface area contributed by atoms with Crippen LogP contribution in [-0.4, -0.2) is 59.6 Å². The van der Waals surface area contributed by atoms with Crippen LogP contribution in [0.2, 0.25) is 0 Å². The van der Waals surface area contributed by atoms with Gasteiger partial charge in [-0.15, -0.1) is 22.9 Å². The summed E-state index contributed by atoms with van der Waals surface area (Å²) in [6, 6.07) is 7.83. The van der Waals surface area contributed by atoms with Gasteiger partial charge in [-0.1, -0.05) is 35.5 Å². The first-order valence-corrected chi connectivity index (χ1v) is 10.6. The van der Waals surface area contributed by atoms with Crippen LogP contribution in [0.3, 0.4) is 0 Å². The summed E-state index contributed by atoms with van der Waals surface area (Å²) in [7, 11) is 1.24. The molecule has 1 fully saturated rings. The Morgan fingerprint density at radius 3 is 2.69 bits per heavy atom. The molecule has 3 amide bonds. The van der Waals surface area contributed by atoms with Crippen molar-refractivity contribution in [1.82, 2.24) is 15.6 Å². The molecule has 168 valence electrons. The number of halogens is 1. The predicted molar refractivity (Wildman–Crippen MR) is 115 cm³/mol. The highest BCUT2D eigenvalue weighted by Gasteiger charge is 2.44. The molecule has 0 aliphatic carbocycles. The molecule has 11 nitrogen and oxygen atoms in total. The lowest BCUT2D eigenvalue weighted by Gasteiger charge is -2.35. The third kappa shape index (κ3) is 5.80. The molecule has 2 aromatic rings. The minimum Gasteiger partial charge on any atom is -0.439 e.